The number of nitrogens with zero attached hydrogens (tertiary/aromatic N) is 2. The van der Waals surface area contributed by atoms with Gasteiger partial charge in [-0.3, -0.25) is 4.79 Å². The minimum Gasteiger partial charge on any atom is -0.497 e. The third-order valence-electron chi connectivity index (χ3n) is 3.65. The lowest BCUT2D eigenvalue weighted by Gasteiger charge is -2.11. The van der Waals surface area contributed by atoms with E-state index in [2.05, 4.69) is 5.10 Å². The number of hydrogen-bond donors (Lipinski definition) is 0. The van der Waals surface area contributed by atoms with Crippen molar-refractivity contribution in [2.75, 3.05) is 7.11 Å². The second-order valence-electron chi connectivity index (χ2n) is 5.43. The molecule has 0 spiro atoms. The fourth-order valence-electron chi connectivity index (χ4n) is 2.36. The molecule has 0 atom stereocenters. The fourth-order valence-corrected chi connectivity index (χ4v) is 2.36. The Morgan fingerprint density at radius 1 is 1.08 bits per heavy atom. The predicted molar refractivity (Wildman–Crippen MR) is 92.5 cm³/mol. The Balaban J connectivity index is 1.96. The number of hydrogen-bond acceptors (Lipinski definition) is 5. The molecule has 0 unspecified atom stereocenters. The average Bonchev–Trinajstić information content (AvgIpc) is 2.63. The van der Waals surface area contributed by atoms with Crippen molar-refractivity contribution < 1.29 is 18.7 Å². The maximum Gasteiger partial charge on any atom is 0.368 e. The number of aryl methyl sites for hydroxylation is 1. The number of para-hydroxylation sites is 1. The van der Waals surface area contributed by atoms with Gasteiger partial charge in [-0.1, -0.05) is 12.1 Å². The monoisotopic (exact) mass is 354 g/mol. The van der Waals surface area contributed by atoms with Crippen LogP contribution in [0.15, 0.2) is 59.4 Å². The molecule has 132 valence electrons. The molecule has 0 saturated heterocycles. The van der Waals surface area contributed by atoms with Gasteiger partial charge in [0.2, 0.25) is 11.1 Å². The van der Waals surface area contributed by atoms with E-state index in [1.54, 1.807) is 25.1 Å². The Morgan fingerprint density at radius 3 is 2.38 bits per heavy atom. The molecular formula is C19H15FN2O4. The van der Waals surface area contributed by atoms with Crippen molar-refractivity contribution in [1.29, 1.82) is 0 Å². The van der Waals surface area contributed by atoms with Gasteiger partial charge in [0.15, 0.2) is 0 Å². The summed E-state index contributed by atoms with van der Waals surface area (Å²) in [4.78, 5) is 24.5. The summed E-state index contributed by atoms with van der Waals surface area (Å²) in [6, 6.07) is 13.4. The lowest BCUT2D eigenvalue weighted by Crippen LogP contribution is -2.26. The highest BCUT2D eigenvalue weighted by molar-refractivity contribution is 5.88. The van der Waals surface area contributed by atoms with Crippen LogP contribution in [0, 0.1) is 12.7 Å². The molecule has 0 N–H and O–H groups in total. The van der Waals surface area contributed by atoms with Crippen molar-refractivity contribution in [2.45, 2.75) is 6.92 Å². The number of aromatic nitrogens is 2. The van der Waals surface area contributed by atoms with Crippen LogP contribution < -0.4 is 14.9 Å². The van der Waals surface area contributed by atoms with Crippen molar-refractivity contribution in [3.05, 3.63) is 82.0 Å². The van der Waals surface area contributed by atoms with Crippen LogP contribution in [0.3, 0.4) is 0 Å². The van der Waals surface area contributed by atoms with Crippen LogP contribution in [-0.2, 0) is 0 Å². The number of esters is 1. The number of halogens is 1. The summed E-state index contributed by atoms with van der Waals surface area (Å²) in [6.45, 7) is 1.60. The lowest BCUT2D eigenvalue weighted by atomic mass is 10.2. The molecule has 7 heteroatoms. The van der Waals surface area contributed by atoms with Crippen molar-refractivity contribution in [1.82, 2.24) is 9.78 Å². The molecule has 6 nitrogen and oxygen atoms in total. The van der Waals surface area contributed by atoms with Crippen molar-refractivity contribution >= 4 is 5.97 Å². The van der Waals surface area contributed by atoms with Crippen LogP contribution in [-0.4, -0.2) is 22.9 Å². The quantitative estimate of drug-likeness (QED) is 0.532. The number of rotatable bonds is 4. The van der Waals surface area contributed by atoms with E-state index in [1.807, 2.05) is 0 Å². The average molecular weight is 354 g/mol. The highest BCUT2D eigenvalue weighted by Crippen LogP contribution is 2.18. The first-order chi connectivity index (χ1) is 12.5. The van der Waals surface area contributed by atoms with Gasteiger partial charge in [-0.05, 0) is 43.3 Å². The molecule has 0 saturated carbocycles. The number of carbonyl (C=O) groups is 1. The summed E-state index contributed by atoms with van der Waals surface area (Å²) in [7, 11) is 1.52. The maximum absolute atomic E-state index is 14.0. The van der Waals surface area contributed by atoms with Gasteiger partial charge in [0.05, 0.1) is 7.11 Å². The molecule has 0 amide bonds. The molecule has 26 heavy (non-hydrogen) atoms. The zero-order valence-electron chi connectivity index (χ0n) is 14.1. The van der Waals surface area contributed by atoms with Crippen LogP contribution >= 0.6 is 0 Å². The van der Waals surface area contributed by atoms with Gasteiger partial charge in [0, 0.05) is 11.8 Å². The molecule has 2 aromatic carbocycles. The van der Waals surface area contributed by atoms with Crippen molar-refractivity contribution in [3.63, 3.8) is 0 Å². The Labute approximate surface area is 148 Å². The molecule has 0 radical (unpaired) electrons. The number of carbonyl (C=O) groups excluding carboxylic acids is 1. The van der Waals surface area contributed by atoms with Gasteiger partial charge in [-0.2, -0.15) is 5.10 Å². The van der Waals surface area contributed by atoms with Gasteiger partial charge in [-0.25, -0.2) is 13.9 Å². The van der Waals surface area contributed by atoms with E-state index >= 15 is 0 Å². The summed E-state index contributed by atoms with van der Waals surface area (Å²) in [5, 5.41) is 4.00. The molecule has 1 heterocycles. The minimum atomic E-state index is -0.926. The zero-order chi connectivity index (χ0) is 18.7. The summed E-state index contributed by atoms with van der Waals surface area (Å²) >= 11 is 0. The largest absolute Gasteiger partial charge is 0.497 e. The van der Waals surface area contributed by atoms with E-state index in [0.717, 1.165) is 0 Å². The standard InChI is InChI=1S/C19H15FN2O4/c1-12-11-17(23)18(21-22(12)16-6-4-3-5-15(16)20)19(24)26-14-9-7-13(25-2)8-10-14/h3-11H,1-2H3. The Morgan fingerprint density at radius 2 is 1.73 bits per heavy atom. The smallest absolute Gasteiger partial charge is 0.368 e. The predicted octanol–water partition coefficient (Wildman–Crippen LogP) is 2.91. The van der Waals surface area contributed by atoms with E-state index in [1.165, 1.54) is 48.2 Å². The molecule has 1 aromatic heterocycles. The van der Waals surface area contributed by atoms with Crippen LogP contribution in [0.25, 0.3) is 5.69 Å². The molecule has 0 fully saturated rings. The van der Waals surface area contributed by atoms with Crippen LogP contribution in [0.1, 0.15) is 16.2 Å². The van der Waals surface area contributed by atoms with Gasteiger partial charge in [0.1, 0.15) is 23.0 Å². The second kappa shape index (κ2) is 7.18. The molecule has 0 bridgehead atoms. The van der Waals surface area contributed by atoms with Crippen molar-refractivity contribution in [2.24, 2.45) is 0 Å². The number of ether oxygens (including phenoxy) is 2. The summed E-state index contributed by atoms with van der Waals surface area (Å²) in [5.41, 5.74) is -0.520. The van der Waals surface area contributed by atoms with Gasteiger partial charge in [-0.15, -0.1) is 0 Å². The second-order valence-corrected chi connectivity index (χ2v) is 5.43. The van der Waals surface area contributed by atoms with Gasteiger partial charge >= 0.3 is 5.97 Å². The summed E-state index contributed by atoms with van der Waals surface area (Å²) in [5.74, 6) is -0.623. The zero-order valence-corrected chi connectivity index (χ0v) is 14.1. The maximum atomic E-state index is 14.0. The lowest BCUT2D eigenvalue weighted by molar-refractivity contribution is 0.0725. The van der Waals surface area contributed by atoms with Gasteiger partial charge < -0.3 is 9.47 Å². The molecule has 0 aliphatic rings. The van der Waals surface area contributed by atoms with Gasteiger partial charge in [0.25, 0.3) is 0 Å². The van der Waals surface area contributed by atoms with Crippen LogP contribution in [0.2, 0.25) is 0 Å². The molecule has 0 aliphatic heterocycles. The first-order valence-electron chi connectivity index (χ1n) is 7.71. The summed E-state index contributed by atoms with van der Waals surface area (Å²) in [6.07, 6.45) is 0. The molecule has 3 rings (SSSR count). The fraction of sp³-hybridized carbons (Fsp3) is 0.105. The normalized spacial score (nSPS) is 10.4. The van der Waals surface area contributed by atoms with E-state index in [-0.39, 0.29) is 11.4 Å². The highest BCUT2D eigenvalue weighted by atomic mass is 19.1. The minimum absolute atomic E-state index is 0.128. The van der Waals surface area contributed by atoms with Crippen molar-refractivity contribution in [3.8, 4) is 17.2 Å². The highest BCUT2D eigenvalue weighted by Gasteiger charge is 2.18. The summed E-state index contributed by atoms with van der Waals surface area (Å²) < 4.78 is 25.4. The molecule has 3 aromatic rings. The van der Waals surface area contributed by atoms with E-state index in [0.29, 0.717) is 11.4 Å². The Bertz CT molecular complexity index is 1010. The number of benzene rings is 2. The Kier molecular flexibility index (Phi) is 4.79. The van der Waals surface area contributed by atoms with E-state index in [9.17, 15) is 14.0 Å². The third-order valence-corrected chi connectivity index (χ3v) is 3.65. The molecular weight excluding hydrogens is 339 g/mol. The van der Waals surface area contributed by atoms with E-state index < -0.39 is 22.9 Å². The topological polar surface area (TPSA) is 70.4 Å². The third kappa shape index (κ3) is 3.46. The molecule has 0 aliphatic carbocycles. The number of methoxy groups -OCH3 is 1. The first-order valence-corrected chi connectivity index (χ1v) is 7.71. The first kappa shape index (κ1) is 17.3. The van der Waals surface area contributed by atoms with Crippen LogP contribution in [0.4, 0.5) is 4.39 Å². The van der Waals surface area contributed by atoms with Crippen LogP contribution in [0.5, 0.6) is 11.5 Å². The van der Waals surface area contributed by atoms with E-state index in [4.69, 9.17) is 9.47 Å². The SMILES string of the molecule is COc1ccc(OC(=O)c2nn(-c3ccccc3F)c(C)cc2=O)cc1. The Hall–Kier alpha value is -3.48.